The fourth-order valence-corrected chi connectivity index (χ4v) is 1.54. The van der Waals surface area contributed by atoms with Gasteiger partial charge in [0.15, 0.2) is 0 Å². The maximum absolute atomic E-state index is 6.00. The summed E-state index contributed by atoms with van der Waals surface area (Å²) >= 11 is 6.00. The van der Waals surface area contributed by atoms with E-state index < -0.39 is 0 Å². The summed E-state index contributed by atoms with van der Waals surface area (Å²) in [5.41, 5.74) is 0.908. The molecule has 0 aromatic carbocycles. The average Bonchev–Trinajstić information content (AvgIpc) is 1.81. The van der Waals surface area contributed by atoms with Crippen molar-refractivity contribution in [2.45, 2.75) is 40.2 Å². The second-order valence-corrected chi connectivity index (χ2v) is 4.22. The summed E-state index contributed by atoms with van der Waals surface area (Å²) in [6.07, 6.45) is 3.85. The first-order valence-corrected chi connectivity index (χ1v) is 4.92. The van der Waals surface area contributed by atoms with Gasteiger partial charge in [0.25, 0.3) is 0 Å². The molecule has 76 valence electrons. The molecule has 0 aliphatic carbocycles. The lowest BCUT2D eigenvalue weighted by molar-refractivity contribution is 0.0284. The van der Waals surface area contributed by atoms with E-state index in [4.69, 9.17) is 16.3 Å². The maximum Gasteiger partial charge on any atom is 0.0823 e. The monoisotopic (exact) mass is 202 g/mol. The highest BCUT2D eigenvalue weighted by atomic mass is 35.5. The molecular weight excluding hydrogens is 184 g/mol. The first kappa shape index (κ1) is 12.7. The molecule has 0 rings (SSSR count). The third-order valence-corrected chi connectivity index (χ3v) is 1.65. The summed E-state index contributed by atoms with van der Waals surface area (Å²) < 4.78 is 5.49. The van der Waals surface area contributed by atoms with E-state index in [1.165, 1.54) is 5.57 Å². The van der Waals surface area contributed by atoms with Crippen LogP contribution in [-0.2, 0) is 4.74 Å². The Morgan fingerprint density at radius 3 is 2.31 bits per heavy atom. The average molecular weight is 203 g/mol. The fourth-order valence-electron chi connectivity index (χ4n) is 1.06. The Balaban J connectivity index is 4.44. The standard InChI is InChI=1S/C11H19ClO/c1-6-13-11(4,5)8-10(12)7-9(2)3/h7-8H,6H2,1-5H3. The van der Waals surface area contributed by atoms with E-state index in [2.05, 4.69) is 0 Å². The maximum atomic E-state index is 6.00. The molecule has 0 radical (unpaired) electrons. The third-order valence-electron chi connectivity index (χ3n) is 1.43. The number of hydrogen-bond acceptors (Lipinski definition) is 1. The van der Waals surface area contributed by atoms with E-state index in [1.807, 2.05) is 46.8 Å². The number of allylic oxidation sites excluding steroid dienone is 3. The zero-order chi connectivity index (χ0) is 10.5. The molecule has 0 spiro atoms. The number of hydrogen-bond donors (Lipinski definition) is 0. The van der Waals surface area contributed by atoms with E-state index >= 15 is 0 Å². The molecule has 1 nitrogen and oxygen atoms in total. The van der Waals surface area contributed by atoms with Crippen molar-refractivity contribution in [1.29, 1.82) is 0 Å². The molecule has 0 fully saturated rings. The summed E-state index contributed by atoms with van der Waals surface area (Å²) in [6.45, 7) is 10.7. The molecule has 0 saturated heterocycles. The van der Waals surface area contributed by atoms with E-state index in [1.54, 1.807) is 0 Å². The Kier molecular flexibility index (Phi) is 5.34. The van der Waals surface area contributed by atoms with Gasteiger partial charge in [0.2, 0.25) is 0 Å². The minimum absolute atomic E-state index is 0.280. The fraction of sp³-hybridized carbons (Fsp3) is 0.636. The molecule has 0 heterocycles. The van der Waals surface area contributed by atoms with Gasteiger partial charge in [0.05, 0.1) is 5.60 Å². The third kappa shape index (κ3) is 6.85. The van der Waals surface area contributed by atoms with E-state index in [0.29, 0.717) is 6.61 Å². The minimum Gasteiger partial charge on any atom is -0.372 e. The van der Waals surface area contributed by atoms with Crippen molar-refractivity contribution in [3.8, 4) is 0 Å². The van der Waals surface area contributed by atoms with Gasteiger partial charge in [-0.2, -0.15) is 0 Å². The van der Waals surface area contributed by atoms with Crippen LogP contribution in [0.2, 0.25) is 0 Å². The zero-order valence-electron chi connectivity index (χ0n) is 9.15. The summed E-state index contributed by atoms with van der Waals surface area (Å²) in [4.78, 5) is 0. The Bertz CT molecular complexity index is 210. The van der Waals surface area contributed by atoms with Crippen LogP contribution in [0.3, 0.4) is 0 Å². The van der Waals surface area contributed by atoms with Gasteiger partial charge < -0.3 is 4.74 Å². The van der Waals surface area contributed by atoms with Crippen molar-refractivity contribution >= 4 is 11.6 Å². The summed E-state index contributed by atoms with van der Waals surface area (Å²) in [5.74, 6) is 0. The van der Waals surface area contributed by atoms with Gasteiger partial charge in [-0.15, -0.1) is 0 Å². The van der Waals surface area contributed by atoms with Gasteiger partial charge in [-0.1, -0.05) is 17.2 Å². The van der Waals surface area contributed by atoms with E-state index in [-0.39, 0.29) is 5.60 Å². The molecule has 0 aromatic rings. The normalized spacial score (nSPS) is 12.9. The van der Waals surface area contributed by atoms with Gasteiger partial charge >= 0.3 is 0 Å². The molecule has 0 bridgehead atoms. The van der Waals surface area contributed by atoms with Gasteiger partial charge in [-0.05, 0) is 46.8 Å². The molecule has 2 heteroatoms. The van der Waals surface area contributed by atoms with Crippen LogP contribution < -0.4 is 0 Å². The second-order valence-electron chi connectivity index (χ2n) is 3.79. The minimum atomic E-state index is -0.280. The van der Waals surface area contributed by atoms with Gasteiger partial charge in [-0.3, -0.25) is 0 Å². The number of rotatable bonds is 4. The molecule has 0 N–H and O–H groups in total. The van der Waals surface area contributed by atoms with Crippen molar-refractivity contribution in [2.24, 2.45) is 0 Å². The first-order valence-electron chi connectivity index (χ1n) is 4.54. The Morgan fingerprint density at radius 2 is 1.92 bits per heavy atom. The molecule has 0 aromatic heterocycles. The predicted octanol–water partition coefficient (Wildman–Crippen LogP) is 3.89. The van der Waals surface area contributed by atoms with E-state index in [0.717, 1.165) is 5.03 Å². The Labute approximate surface area is 86.4 Å². The van der Waals surface area contributed by atoms with Crippen LogP contribution in [0.1, 0.15) is 34.6 Å². The van der Waals surface area contributed by atoms with Crippen LogP contribution in [0.25, 0.3) is 0 Å². The lowest BCUT2D eigenvalue weighted by Gasteiger charge is -2.20. The van der Waals surface area contributed by atoms with E-state index in [9.17, 15) is 0 Å². The van der Waals surface area contributed by atoms with Crippen LogP contribution in [0.15, 0.2) is 22.8 Å². The van der Waals surface area contributed by atoms with Crippen molar-refractivity contribution in [3.63, 3.8) is 0 Å². The lowest BCUT2D eigenvalue weighted by atomic mass is 10.1. The molecule has 0 atom stereocenters. The smallest absolute Gasteiger partial charge is 0.0823 e. The molecule has 13 heavy (non-hydrogen) atoms. The second kappa shape index (κ2) is 5.46. The van der Waals surface area contributed by atoms with Crippen molar-refractivity contribution in [1.82, 2.24) is 0 Å². The van der Waals surface area contributed by atoms with Gasteiger partial charge in [0, 0.05) is 11.6 Å². The predicted molar refractivity (Wildman–Crippen MR) is 59.1 cm³/mol. The highest BCUT2D eigenvalue weighted by Gasteiger charge is 2.13. The summed E-state index contributed by atoms with van der Waals surface area (Å²) in [7, 11) is 0. The van der Waals surface area contributed by atoms with Crippen molar-refractivity contribution < 1.29 is 4.74 Å². The topological polar surface area (TPSA) is 9.23 Å². The van der Waals surface area contributed by atoms with Crippen LogP contribution in [0.5, 0.6) is 0 Å². The Morgan fingerprint density at radius 1 is 1.38 bits per heavy atom. The van der Waals surface area contributed by atoms with Crippen molar-refractivity contribution in [2.75, 3.05) is 6.61 Å². The zero-order valence-corrected chi connectivity index (χ0v) is 9.90. The molecular formula is C11H19ClO. The van der Waals surface area contributed by atoms with Crippen LogP contribution in [0, 0.1) is 0 Å². The van der Waals surface area contributed by atoms with Gasteiger partial charge in [-0.25, -0.2) is 0 Å². The number of ether oxygens (including phenoxy) is 1. The van der Waals surface area contributed by atoms with Crippen molar-refractivity contribution in [3.05, 3.63) is 22.8 Å². The highest BCUT2D eigenvalue weighted by molar-refractivity contribution is 6.31. The largest absolute Gasteiger partial charge is 0.372 e. The Hall–Kier alpha value is -0.270. The summed E-state index contributed by atoms with van der Waals surface area (Å²) in [5, 5.41) is 0.735. The highest BCUT2D eigenvalue weighted by Crippen LogP contribution is 2.17. The van der Waals surface area contributed by atoms with Crippen LogP contribution in [0.4, 0.5) is 0 Å². The molecule has 0 amide bonds. The van der Waals surface area contributed by atoms with Gasteiger partial charge in [0.1, 0.15) is 0 Å². The summed E-state index contributed by atoms with van der Waals surface area (Å²) in [6, 6.07) is 0. The first-order chi connectivity index (χ1) is 5.87. The molecule has 0 unspecified atom stereocenters. The molecule has 0 aliphatic heterocycles. The molecule has 0 aliphatic rings. The van der Waals surface area contributed by atoms with Crippen LogP contribution in [-0.4, -0.2) is 12.2 Å². The van der Waals surface area contributed by atoms with Crippen LogP contribution >= 0.6 is 11.6 Å². The SMILES string of the molecule is CCOC(C)(C)C=C(Cl)C=C(C)C. The quantitative estimate of drug-likeness (QED) is 0.629. The molecule has 0 saturated carbocycles. The lowest BCUT2D eigenvalue weighted by Crippen LogP contribution is -2.21. The number of halogens is 1.